The van der Waals surface area contributed by atoms with Gasteiger partial charge in [-0.3, -0.25) is 0 Å². The Hall–Kier alpha value is -0.570. The van der Waals surface area contributed by atoms with Crippen LogP contribution in [0.15, 0.2) is 30.3 Å². The molecule has 1 aromatic carbocycles. The van der Waals surface area contributed by atoms with Gasteiger partial charge in [-0.2, -0.15) is 0 Å². The Morgan fingerprint density at radius 2 is 1.86 bits per heavy atom. The molecule has 2 saturated heterocycles. The van der Waals surface area contributed by atoms with Gasteiger partial charge in [0.25, 0.3) is 0 Å². The van der Waals surface area contributed by atoms with E-state index in [2.05, 4.69) is 40.5 Å². The Labute approximate surface area is 135 Å². The molecule has 1 aromatic rings. The van der Waals surface area contributed by atoms with Gasteiger partial charge in [-0.25, -0.2) is 0 Å². The molecule has 2 nitrogen and oxygen atoms in total. The number of nitrogens with zero attached hydrogens (tertiary/aromatic N) is 1. The van der Waals surface area contributed by atoms with E-state index in [1.54, 1.807) is 0 Å². The van der Waals surface area contributed by atoms with Crippen LogP contribution in [0.4, 0.5) is 0 Å². The van der Waals surface area contributed by atoms with Gasteiger partial charge in [0.15, 0.2) is 0 Å². The quantitative estimate of drug-likeness (QED) is 0.917. The fraction of sp³-hybridized carbons (Fsp3) is 0.667. The van der Waals surface area contributed by atoms with Gasteiger partial charge in [-0.15, -0.1) is 12.4 Å². The summed E-state index contributed by atoms with van der Waals surface area (Å²) in [7, 11) is 0. The minimum Gasteiger partial charge on any atom is -0.316 e. The Bertz CT molecular complexity index is 389. The Morgan fingerprint density at radius 3 is 2.62 bits per heavy atom. The molecule has 3 heteroatoms. The average Bonchev–Trinajstić information content (AvgIpc) is 2.50. The molecule has 0 spiro atoms. The molecular weight excluding hydrogens is 280 g/mol. The smallest absolute Gasteiger partial charge is 0.00219 e. The van der Waals surface area contributed by atoms with E-state index in [1.807, 2.05) is 0 Å². The van der Waals surface area contributed by atoms with E-state index >= 15 is 0 Å². The van der Waals surface area contributed by atoms with Crippen molar-refractivity contribution in [1.82, 2.24) is 10.2 Å². The highest BCUT2D eigenvalue weighted by Crippen LogP contribution is 2.22. The number of hydrogen-bond donors (Lipinski definition) is 1. The third kappa shape index (κ3) is 5.28. The predicted octanol–water partition coefficient (Wildman–Crippen LogP) is 3.36. The third-order valence-electron chi connectivity index (χ3n) is 4.89. The zero-order valence-corrected chi connectivity index (χ0v) is 13.8. The minimum atomic E-state index is 0. The first-order chi connectivity index (χ1) is 9.90. The van der Waals surface area contributed by atoms with Crippen molar-refractivity contribution in [2.45, 2.75) is 32.1 Å². The molecule has 3 rings (SSSR count). The van der Waals surface area contributed by atoms with Crippen molar-refractivity contribution in [3.63, 3.8) is 0 Å². The number of hydrogen-bond acceptors (Lipinski definition) is 2. The monoisotopic (exact) mass is 308 g/mol. The highest BCUT2D eigenvalue weighted by atomic mass is 35.5. The maximum atomic E-state index is 3.55. The topological polar surface area (TPSA) is 15.3 Å². The molecular formula is C18H29ClN2. The third-order valence-corrected chi connectivity index (χ3v) is 4.89. The van der Waals surface area contributed by atoms with Crippen molar-refractivity contribution in [1.29, 1.82) is 0 Å². The number of benzene rings is 1. The lowest BCUT2D eigenvalue weighted by Gasteiger charge is -2.36. The lowest BCUT2D eigenvalue weighted by atomic mass is 9.90. The average molecular weight is 309 g/mol. The van der Waals surface area contributed by atoms with Crippen molar-refractivity contribution in [2.75, 3.05) is 32.7 Å². The predicted molar refractivity (Wildman–Crippen MR) is 92.2 cm³/mol. The molecule has 1 N–H and O–H groups in total. The maximum Gasteiger partial charge on any atom is 0.00219 e. The molecule has 0 aliphatic carbocycles. The molecule has 0 aromatic heterocycles. The molecule has 0 bridgehead atoms. The molecule has 2 atom stereocenters. The second-order valence-corrected chi connectivity index (χ2v) is 6.67. The molecule has 2 aliphatic heterocycles. The fourth-order valence-corrected chi connectivity index (χ4v) is 3.88. The summed E-state index contributed by atoms with van der Waals surface area (Å²) in [6.45, 7) is 6.42. The molecule has 21 heavy (non-hydrogen) atoms. The lowest BCUT2D eigenvalue weighted by Crippen LogP contribution is -2.43. The standard InChI is InChI=1S/C18H28N2.ClH/c1-2-6-16(7-3-1)12-17-9-5-11-20(14-17)15-18-8-4-10-19-13-18;/h1-3,6-7,17-19H,4-5,8-15H2;1H. The van der Waals surface area contributed by atoms with Crippen molar-refractivity contribution in [3.8, 4) is 0 Å². The van der Waals surface area contributed by atoms with E-state index in [0.29, 0.717) is 0 Å². The minimum absolute atomic E-state index is 0. The largest absolute Gasteiger partial charge is 0.316 e. The van der Waals surface area contributed by atoms with E-state index in [0.717, 1.165) is 11.8 Å². The highest BCUT2D eigenvalue weighted by molar-refractivity contribution is 5.85. The van der Waals surface area contributed by atoms with Crippen LogP contribution in [0.3, 0.4) is 0 Å². The van der Waals surface area contributed by atoms with Crippen LogP contribution in [0.2, 0.25) is 0 Å². The van der Waals surface area contributed by atoms with Gasteiger partial charge in [0.2, 0.25) is 0 Å². The molecule has 0 radical (unpaired) electrons. The summed E-state index contributed by atoms with van der Waals surface area (Å²) in [5.41, 5.74) is 1.51. The molecule has 2 fully saturated rings. The van der Waals surface area contributed by atoms with Gasteiger partial charge in [0.05, 0.1) is 0 Å². The number of nitrogens with one attached hydrogen (secondary N) is 1. The summed E-state index contributed by atoms with van der Waals surface area (Å²) in [4.78, 5) is 2.73. The lowest BCUT2D eigenvalue weighted by molar-refractivity contribution is 0.141. The van der Waals surface area contributed by atoms with Crippen molar-refractivity contribution in [2.24, 2.45) is 11.8 Å². The van der Waals surface area contributed by atoms with Gasteiger partial charge in [-0.05, 0) is 69.1 Å². The summed E-state index contributed by atoms with van der Waals surface area (Å²) in [6.07, 6.45) is 6.85. The highest BCUT2D eigenvalue weighted by Gasteiger charge is 2.23. The van der Waals surface area contributed by atoms with Crippen LogP contribution < -0.4 is 5.32 Å². The van der Waals surface area contributed by atoms with Crippen LogP contribution in [0.5, 0.6) is 0 Å². The van der Waals surface area contributed by atoms with Gasteiger partial charge in [0, 0.05) is 13.1 Å². The van der Waals surface area contributed by atoms with E-state index in [-0.39, 0.29) is 12.4 Å². The second-order valence-electron chi connectivity index (χ2n) is 6.67. The fourth-order valence-electron chi connectivity index (χ4n) is 3.88. The first-order valence-corrected chi connectivity index (χ1v) is 8.37. The van der Waals surface area contributed by atoms with E-state index < -0.39 is 0 Å². The normalized spacial score (nSPS) is 27.0. The molecule has 2 aliphatic rings. The van der Waals surface area contributed by atoms with Crippen LogP contribution in [0.25, 0.3) is 0 Å². The molecule has 0 amide bonds. The second kappa shape index (κ2) is 8.77. The Balaban J connectivity index is 0.00000161. The zero-order chi connectivity index (χ0) is 13.6. The summed E-state index contributed by atoms with van der Waals surface area (Å²) in [6, 6.07) is 11.0. The zero-order valence-electron chi connectivity index (χ0n) is 13.0. The van der Waals surface area contributed by atoms with Gasteiger partial charge >= 0.3 is 0 Å². The van der Waals surface area contributed by atoms with Crippen LogP contribution >= 0.6 is 12.4 Å². The van der Waals surface area contributed by atoms with Crippen LogP contribution in [-0.2, 0) is 6.42 Å². The first-order valence-electron chi connectivity index (χ1n) is 8.37. The van der Waals surface area contributed by atoms with Crippen molar-refractivity contribution in [3.05, 3.63) is 35.9 Å². The van der Waals surface area contributed by atoms with Crippen molar-refractivity contribution < 1.29 is 0 Å². The van der Waals surface area contributed by atoms with E-state index in [1.165, 1.54) is 70.4 Å². The maximum absolute atomic E-state index is 3.55. The number of likely N-dealkylation sites (tertiary alicyclic amines) is 1. The number of rotatable bonds is 4. The molecule has 0 saturated carbocycles. The first kappa shape index (κ1) is 16.8. The molecule has 2 heterocycles. The SMILES string of the molecule is Cl.c1ccc(CC2CCCN(CC3CCCNC3)C2)cc1. The van der Waals surface area contributed by atoms with E-state index in [9.17, 15) is 0 Å². The van der Waals surface area contributed by atoms with Gasteiger partial charge < -0.3 is 10.2 Å². The van der Waals surface area contributed by atoms with E-state index in [4.69, 9.17) is 0 Å². The van der Waals surface area contributed by atoms with Gasteiger partial charge in [0.1, 0.15) is 0 Å². The number of piperidine rings is 2. The molecule has 118 valence electrons. The summed E-state index contributed by atoms with van der Waals surface area (Å²) in [5.74, 6) is 1.75. The summed E-state index contributed by atoms with van der Waals surface area (Å²) < 4.78 is 0. The van der Waals surface area contributed by atoms with Gasteiger partial charge in [-0.1, -0.05) is 30.3 Å². The Morgan fingerprint density at radius 1 is 1.05 bits per heavy atom. The van der Waals surface area contributed by atoms with Crippen LogP contribution in [-0.4, -0.2) is 37.6 Å². The summed E-state index contributed by atoms with van der Waals surface area (Å²) >= 11 is 0. The van der Waals surface area contributed by atoms with Crippen LogP contribution in [0, 0.1) is 11.8 Å². The Kier molecular flexibility index (Phi) is 7.01. The number of halogens is 1. The molecule has 2 unspecified atom stereocenters. The van der Waals surface area contributed by atoms with Crippen LogP contribution in [0.1, 0.15) is 31.2 Å². The van der Waals surface area contributed by atoms with Crippen molar-refractivity contribution >= 4 is 12.4 Å². The summed E-state index contributed by atoms with van der Waals surface area (Å²) in [5, 5.41) is 3.55.